The van der Waals surface area contributed by atoms with E-state index in [1.807, 2.05) is 6.07 Å². The highest BCUT2D eigenvalue weighted by Crippen LogP contribution is 2.34. The largest absolute Gasteiger partial charge is 0.429 e. The van der Waals surface area contributed by atoms with Crippen molar-refractivity contribution in [2.75, 3.05) is 0 Å². The van der Waals surface area contributed by atoms with Gasteiger partial charge in [0.2, 0.25) is 0 Å². The molecule has 0 amide bonds. The molecule has 0 radical (unpaired) electrons. The molecule has 20 heavy (non-hydrogen) atoms. The fourth-order valence-electron chi connectivity index (χ4n) is 2.07. The van der Waals surface area contributed by atoms with E-state index >= 15 is 0 Å². The first-order valence-electron chi connectivity index (χ1n) is 5.83. The molecule has 102 valence electrons. The van der Waals surface area contributed by atoms with Crippen LogP contribution in [0.15, 0.2) is 41.5 Å². The molecule has 0 saturated heterocycles. The minimum Gasteiger partial charge on any atom is -0.236 e. The van der Waals surface area contributed by atoms with Gasteiger partial charge in [-0.05, 0) is 23.8 Å². The van der Waals surface area contributed by atoms with Gasteiger partial charge < -0.3 is 0 Å². The van der Waals surface area contributed by atoms with E-state index in [9.17, 15) is 13.2 Å². The summed E-state index contributed by atoms with van der Waals surface area (Å²) in [5, 5.41) is 0.565. The molecule has 6 heteroatoms. The molecule has 2 aromatic rings. The van der Waals surface area contributed by atoms with Gasteiger partial charge in [-0.2, -0.15) is 13.2 Å². The maximum absolute atomic E-state index is 12.6. The summed E-state index contributed by atoms with van der Waals surface area (Å²) in [6, 6.07) is 8.76. The van der Waals surface area contributed by atoms with E-state index in [1.165, 1.54) is 6.20 Å². The maximum atomic E-state index is 12.6. The van der Waals surface area contributed by atoms with Crippen LogP contribution < -0.4 is 0 Å². The lowest BCUT2D eigenvalue weighted by atomic mass is 10.0. The van der Waals surface area contributed by atoms with Crippen LogP contribution in [0, 0.1) is 0 Å². The standard InChI is InChI=1S/C14H8ClF3N2/c15-11-3-1-2-8(5-11)10-4-9-6-12(14(16,17)18)20-13(9)19-7-10/h1-5,7H,6H2. The Bertz CT molecular complexity index is 708. The lowest BCUT2D eigenvalue weighted by Crippen LogP contribution is -2.22. The Labute approximate surface area is 117 Å². The Morgan fingerprint density at radius 1 is 1.10 bits per heavy atom. The van der Waals surface area contributed by atoms with Crippen molar-refractivity contribution in [3.63, 3.8) is 0 Å². The molecule has 0 saturated carbocycles. The van der Waals surface area contributed by atoms with Gasteiger partial charge in [-0.3, -0.25) is 0 Å². The first-order valence-corrected chi connectivity index (χ1v) is 6.21. The highest BCUT2D eigenvalue weighted by molar-refractivity contribution is 6.30. The zero-order chi connectivity index (χ0) is 14.3. The van der Waals surface area contributed by atoms with E-state index < -0.39 is 11.9 Å². The summed E-state index contributed by atoms with van der Waals surface area (Å²) >= 11 is 5.90. The van der Waals surface area contributed by atoms with E-state index in [-0.39, 0.29) is 12.2 Å². The molecule has 2 nitrogen and oxygen atoms in total. The van der Waals surface area contributed by atoms with E-state index in [1.54, 1.807) is 24.3 Å². The average molecular weight is 297 g/mol. The molecule has 0 bridgehead atoms. The van der Waals surface area contributed by atoms with Crippen molar-refractivity contribution in [2.24, 2.45) is 4.99 Å². The van der Waals surface area contributed by atoms with Crippen LogP contribution in [0.1, 0.15) is 5.56 Å². The van der Waals surface area contributed by atoms with Gasteiger partial charge in [-0.1, -0.05) is 23.7 Å². The Morgan fingerprint density at radius 2 is 1.90 bits per heavy atom. The van der Waals surface area contributed by atoms with Gasteiger partial charge in [-0.25, -0.2) is 9.98 Å². The van der Waals surface area contributed by atoms with Crippen LogP contribution in [-0.4, -0.2) is 16.9 Å². The molecule has 1 aliphatic rings. The van der Waals surface area contributed by atoms with Crippen molar-refractivity contribution >= 4 is 23.1 Å². The molecule has 1 aliphatic heterocycles. The van der Waals surface area contributed by atoms with Crippen molar-refractivity contribution in [2.45, 2.75) is 12.6 Å². The van der Waals surface area contributed by atoms with Crippen LogP contribution in [0.25, 0.3) is 11.1 Å². The molecule has 0 unspecified atom stereocenters. The predicted octanol–water partition coefficient (Wildman–Crippen LogP) is 4.59. The number of halogens is 4. The van der Waals surface area contributed by atoms with Gasteiger partial charge >= 0.3 is 6.18 Å². The highest BCUT2D eigenvalue weighted by atomic mass is 35.5. The van der Waals surface area contributed by atoms with Crippen molar-refractivity contribution in [1.82, 2.24) is 4.98 Å². The number of hydrogen-bond acceptors (Lipinski definition) is 2. The molecule has 1 aromatic carbocycles. The normalized spacial score (nSPS) is 14.1. The first kappa shape index (κ1) is 13.1. The number of benzene rings is 1. The molecule has 0 spiro atoms. The van der Waals surface area contributed by atoms with Crippen molar-refractivity contribution in [3.05, 3.63) is 47.1 Å². The fourth-order valence-corrected chi connectivity index (χ4v) is 2.26. The van der Waals surface area contributed by atoms with Crippen LogP contribution in [0.2, 0.25) is 5.02 Å². The number of nitrogens with zero attached hydrogens (tertiary/aromatic N) is 2. The summed E-state index contributed by atoms with van der Waals surface area (Å²) in [6.07, 6.45) is -3.13. The van der Waals surface area contributed by atoms with Crippen LogP contribution in [0.5, 0.6) is 0 Å². The van der Waals surface area contributed by atoms with Crippen LogP contribution >= 0.6 is 11.6 Å². The highest BCUT2D eigenvalue weighted by Gasteiger charge is 2.38. The quantitative estimate of drug-likeness (QED) is 0.755. The van der Waals surface area contributed by atoms with Gasteiger partial charge in [-0.15, -0.1) is 0 Å². The SMILES string of the molecule is FC(F)(F)C1=Nc2ncc(-c3cccc(Cl)c3)cc2C1. The average Bonchev–Trinajstić information content (AvgIpc) is 2.81. The third-order valence-electron chi connectivity index (χ3n) is 3.03. The Morgan fingerprint density at radius 3 is 2.60 bits per heavy atom. The third kappa shape index (κ3) is 2.41. The molecule has 0 fully saturated rings. The molecule has 2 heterocycles. The van der Waals surface area contributed by atoms with Crippen LogP contribution in [-0.2, 0) is 6.42 Å². The number of aliphatic imine (C=N–C) groups is 1. The molecule has 0 N–H and O–H groups in total. The Hall–Kier alpha value is -1.88. The summed E-state index contributed by atoms with van der Waals surface area (Å²) in [7, 11) is 0. The summed E-state index contributed by atoms with van der Waals surface area (Å²) in [6.45, 7) is 0. The number of rotatable bonds is 1. The molecule has 3 rings (SSSR count). The van der Waals surface area contributed by atoms with Gasteiger partial charge in [0.1, 0.15) is 5.71 Å². The minimum atomic E-state index is -4.41. The maximum Gasteiger partial charge on any atom is 0.429 e. The van der Waals surface area contributed by atoms with Gasteiger partial charge in [0.15, 0.2) is 5.82 Å². The molecule has 1 aromatic heterocycles. The monoisotopic (exact) mass is 296 g/mol. The van der Waals surface area contributed by atoms with Crippen molar-refractivity contribution < 1.29 is 13.2 Å². The summed E-state index contributed by atoms with van der Waals surface area (Å²) in [5.74, 6) is 0.142. The van der Waals surface area contributed by atoms with Crippen molar-refractivity contribution in [1.29, 1.82) is 0 Å². The van der Waals surface area contributed by atoms with Gasteiger partial charge in [0.05, 0.1) is 0 Å². The summed E-state index contributed by atoms with van der Waals surface area (Å²) < 4.78 is 37.9. The fraction of sp³-hybridized carbons (Fsp3) is 0.143. The third-order valence-corrected chi connectivity index (χ3v) is 3.26. The molecule has 0 aliphatic carbocycles. The number of alkyl halides is 3. The molecule has 0 atom stereocenters. The Balaban J connectivity index is 1.96. The van der Waals surface area contributed by atoms with Crippen LogP contribution in [0.3, 0.4) is 0 Å². The number of fused-ring (bicyclic) bond motifs is 1. The predicted molar refractivity (Wildman–Crippen MR) is 71.5 cm³/mol. The summed E-state index contributed by atoms with van der Waals surface area (Å²) in [4.78, 5) is 7.53. The zero-order valence-corrected chi connectivity index (χ0v) is 10.8. The first-order chi connectivity index (χ1) is 9.43. The number of aromatic nitrogens is 1. The topological polar surface area (TPSA) is 25.2 Å². The van der Waals surface area contributed by atoms with E-state index in [2.05, 4.69) is 9.98 Å². The van der Waals surface area contributed by atoms with Gasteiger partial charge in [0, 0.05) is 28.8 Å². The number of hydrogen-bond donors (Lipinski definition) is 0. The van der Waals surface area contributed by atoms with Crippen molar-refractivity contribution in [3.8, 4) is 11.1 Å². The lowest BCUT2D eigenvalue weighted by molar-refractivity contribution is -0.0597. The second-order valence-corrected chi connectivity index (χ2v) is 4.89. The second-order valence-electron chi connectivity index (χ2n) is 4.45. The summed E-state index contributed by atoms with van der Waals surface area (Å²) in [5.41, 5.74) is 1.22. The zero-order valence-electron chi connectivity index (χ0n) is 10.1. The molecular formula is C14H8ClF3N2. The van der Waals surface area contributed by atoms with E-state index in [0.717, 1.165) is 11.1 Å². The number of pyridine rings is 1. The minimum absolute atomic E-state index is 0.142. The van der Waals surface area contributed by atoms with Crippen LogP contribution in [0.4, 0.5) is 19.0 Å². The smallest absolute Gasteiger partial charge is 0.236 e. The van der Waals surface area contributed by atoms with Gasteiger partial charge in [0.25, 0.3) is 0 Å². The van der Waals surface area contributed by atoms with E-state index in [0.29, 0.717) is 10.6 Å². The van der Waals surface area contributed by atoms with E-state index in [4.69, 9.17) is 11.6 Å². The Kier molecular flexibility index (Phi) is 3.01. The molecular weight excluding hydrogens is 289 g/mol. The lowest BCUT2D eigenvalue weighted by Gasteiger charge is -2.05. The second kappa shape index (κ2) is 4.59.